The van der Waals surface area contributed by atoms with Crippen LogP contribution in [0.25, 0.3) is 10.9 Å². The van der Waals surface area contributed by atoms with Gasteiger partial charge in [-0.2, -0.15) is 0 Å². The number of nitrogens with one attached hydrogen (secondary N) is 1. The maximum atomic E-state index is 14.8. The molecule has 0 saturated heterocycles. The molecule has 0 fully saturated rings. The van der Waals surface area contributed by atoms with Crippen molar-refractivity contribution in [3.05, 3.63) is 101 Å². The summed E-state index contributed by atoms with van der Waals surface area (Å²) >= 11 is 0. The van der Waals surface area contributed by atoms with E-state index < -0.39 is 6.04 Å². The van der Waals surface area contributed by atoms with Gasteiger partial charge in [0.1, 0.15) is 11.9 Å². The first-order chi connectivity index (χ1) is 14.7. The third kappa shape index (κ3) is 3.26. The molecule has 150 valence electrons. The smallest absolute Gasteiger partial charge is 0.223 e. The Labute approximate surface area is 174 Å². The fraction of sp³-hybridized carbons (Fsp3) is 0.200. The molecule has 1 N–H and O–H groups in total. The molecular weight excluding hydrogens is 377 g/mol. The van der Waals surface area contributed by atoms with E-state index in [0.29, 0.717) is 24.9 Å². The van der Waals surface area contributed by atoms with E-state index in [1.807, 2.05) is 47.4 Å². The molecule has 2 aromatic carbocycles. The fourth-order valence-corrected chi connectivity index (χ4v) is 4.45. The number of aromatic nitrogens is 2. The number of hydrogen-bond acceptors (Lipinski definition) is 2. The van der Waals surface area contributed by atoms with Crippen LogP contribution in [0.2, 0.25) is 0 Å². The lowest BCUT2D eigenvalue weighted by atomic mass is 9.91. The summed E-state index contributed by atoms with van der Waals surface area (Å²) in [5.74, 6) is -0.283. The summed E-state index contributed by atoms with van der Waals surface area (Å²) in [6, 6.07) is 20.1. The molecule has 0 radical (unpaired) electrons. The van der Waals surface area contributed by atoms with Gasteiger partial charge in [-0.1, -0.05) is 42.5 Å². The molecule has 4 nitrogen and oxygen atoms in total. The van der Waals surface area contributed by atoms with Crippen LogP contribution in [0.15, 0.2) is 72.9 Å². The second kappa shape index (κ2) is 7.75. The summed E-state index contributed by atoms with van der Waals surface area (Å²) in [6.07, 6.45) is 3.40. The molecule has 30 heavy (non-hydrogen) atoms. The van der Waals surface area contributed by atoms with Crippen LogP contribution in [-0.2, 0) is 17.6 Å². The van der Waals surface area contributed by atoms with Gasteiger partial charge in [-0.25, -0.2) is 4.39 Å². The minimum absolute atomic E-state index is 0.0122. The highest BCUT2D eigenvalue weighted by molar-refractivity contribution is 5.86. The summed E-state index contributed by atoms with van der Waals surface area (Å²) in [5.41, 5.74) is 4.52. The third-order valence-electron chi connectivity index (χ3n) is 5.88. The Balaban J connectivity index is 1.53. The molecule has 0 bridgehead atoms. The number of halogens is 1. The second-order valence-corrected chi connectivity index (χ2v) is 7.65. The molecular formula is C25H22FN3O. The van der Waals surface area contributed by atoms with Gasteiger partial charge in [-0.15, -0.1) is 0 Å². The van der Waals surface area contributed by atoms with Crippen LogP contribution >= 0.6 is 0 Å². The lowest BCUT2D eigenvalue weighted by Crippen LogP contribution is -2.41. The van der Waals surface area contributed by atoms with E-state index in [1.54, 1.807) is 18.3 Å². The van der Waals surface area contributed by atoms with Gasteiger partial charge >= 0.3 is 0 Å². The Bertz CT molecular complexity index is 1200. The average Bonchev–Trinajstić information content (AvgIpc) is 3.17. The van der Waals surface area contributed by atoms with E-state index >= 15 is 0 Å². The van der Waals surface area contributed by atoms with Crippen molar-refractivity contribution in [2.24, 2.45) is 0 Å². The number of fused-ring (bicyclic) bond motifs is 3. The Hall–Kier alpha value is -3.47. The summed E-state index contributed by atoms with van der Waals surface area (Å²) in [6.45, 7) is 0.564. The topological polar surface area (TPSA) is 49.0 Å². The predicted molar refractivity (Wildman–Crippen MR) is 115 cm³/mol. The zero-order valence-corrected chi connectivity index (χ0v) is 16.5. The zero-order chi connectivity index (χ0) is 20.5. The molecule has 1 aliphatic rings. The first kappa shape index (κ1) is 18.6. The Morgan fingerprint density at radius 3 is 2.70 bits per heavy atom. The van der Waals surface area contributed by atoms with Gasteiger partial charge in [-0.3, -0.25) is 9.78 Å². The number of amides is 1. The van der Waals surface area contributed by atoms with Crippen molar-refractivity contribution in [3.8, 4) is 0 Å². The number of nitrogens with zero attached hydrogens (tertiary/aromatic N) is 2. The van der Waals surface area contributed by atoms with E-state index in [-0.39, 0.29) is 11.7 Å². The van der Waals surface area contributed by atoms with E-state index in [1.165, 1.54) is 11.6 Å². The number of para-hydroxylation sites is 1. The van der Waals surface area contributed by atoms with Crippen molar-refractivity contribution in [1.82, 2.24) is 14.9 Å². The summed E-state index contributed by atoms with van der Waals surface area (Å²) in [7, 11) is 0. The number of H-pyrrole nitrogens is 1. The zero-order valence-electron chi connectivity index (χ0n) is 16.5. The van der Waals surface area contributed by atoms with Gasteiger partial charge in [-0.05, 0) is 42.7 Å². The molecule has 1 aliphatic heterocycles. The number of hydrogen-bond donors (Lipinski definition) is 1. The van der Waals surface area contributed by atoms with E-state index in [9.17, 15) is 9.18 Å². The van der Waals surface area contributed by atoms with Gasteiger partial charge in [0.25, 0.3) is 0 Å². The molecule has 0 aliphatic carbocycles. The molecule has 5 heteroatoms. The highest BCUT2D eigenvalue weighted by atomic mass is 19.1. The first-order valence-corrected chi connectivity index (χ1v) is 10.3. The van der Waals surface area contributed by atoms with Crippen molar-refractivity contribution >= 4 is 16.8 Å². The molecule has 0 saturated carbocycles. The van der Waals surface area contributed by atoms with Crippen LogP contribution in [0.5, 0.6) is 0 Å². The van der Waals surface area contributed by atoms with Gasteiger partial charge in [0, 0.05) is 47.0 Å². The maximum Gasteiger partial charge on any atom is 0.223 e. The maximum absolute atomic E-state index is 14.8. The van der Waals surface area contributed by atoms with Crippen LogP contribution in [0.1, 0.15) is 35.0 Å². The standard InChI is InChI=1S/C25H22FN3O/c26-21-10-3-1-9-20(21)25-24-19(18-8-2-4-11-22(18)28-24)14-16-29(25)23(30)13-12-17-7-5-6-15-27-17/h1-11,15,25,28H,12-14,16H2. The SMILES string of the molecule is O=C(CCc1ccccn1)N1CCc2c([nH]c3ccccc23)C1c1ccccc1F. The third-order valence-corrected chi connectivity index (χ3v) is 5.88. The van der Waals surface area contributed by atoms with Gasteiger partial charge < -0.3 is 9.88 Å². The van der Waals surface area contributed by atoms with Crippen molar-refractivity contribution < 1.29 is 9.18 Å². The van der Waals surface area contributed by atoms with Crippen LogP contribution in [0, 0.1) is 5.82 Å². The first-order valence-electron chi connectivity index (χ1n) is 10.3. The Morgan fingerprint density at radius 1 is 1.07 bits per heavy atom. The monoisotopic (exact) mass is 399 g/mol. The number of benzene rings is 2. The minimum atomic E-state index is -0.460. The number of aryl methyl sites for hydroxylation is 1. The Kier molecular flexibility index (Phi) is 4.79. The number of aromatic amines is 1. The molecule has 2 aromatic heterocycles. The quantitative estimate of drug-likeness (QED) is 0.535. The van der Waals surface area contributed by atoms with E-state index in [2.05, 4.69) is 16.0 Å². The van der Waals surface area contributed by atoms with Crippen molar-refractivity contribution in [2.45, 2.75) is 25.3 Å². The number of carbonyl (C=O) groups excluding carboxylic acids is 1. The van der Waals surface area contributed by atoms with Crippen molar-refractivity contribution in [2.75, 3.05) is 6.54 Å². The van der Waals surface area contributed by atoms with Crippen LogP contribution in [0.3, 0.4) is 0 Å². The van der Waals surface area contributed by atoms with Crippen molar-refractivity contribution in [1.29, 1.82) is 0 Å². The van der Waals surface area contributed by atoms with Gasteiger partial charge in [0.2, 0.25) is 5.91 Å². The molecule has 1 atom stereocenters. The average molecular weight is 399 g/mol. The highest BCUT2D eigenvalue weighted by Crippen LogP contribution is 2.39. The fourth-order valence-electron chi connectivity index (χ4n) is 4.45. The number of pyridine rings is 1. The van der Waals surface area contributed by atoms with Crippen LogP contribution < -0.4 is 0 Å². The van der Waals surface area contributed by atoms with Gasteiger partial charge in [0.05, 0.1) is 0 Å². The molecule has 5 rings (SSSR count). The molecule has 1 unspecified atom stereocenters. The highest BCUT2D eigenvalue weighted by Gasteiger charge is 2.35. The van der Waals surface area contributed by atoms with E-state index in [4.69, 9.17) is 0 Å². The molecule has 3 heterocycles. The van der Waals surface area contributed by atoms with Crippen molar-refractivity contribution in [3.63, 3.8) is 0 Å². The molecule has 1 amide bonds. The molecule has 4 aromatic rings. The van der Waals surface area contributed by atoms with Crippen LogP contribution in [-0.4, -0.2) is 27.3 Å². The summed E-state index contributed by atoms with van der Waals surface area (Å²) in [4.78, 5) is 22.9. The van der Waals surface area contributed by atoms with Crippen LogP contribution in [0.4, 0.5) is 4.39 Å². The Morgan fingerprint density at radius 2 is 1.87 bits per heavy atom. The molecule has 0 spiro atoms. The normalized spacial score (nSPS) is 15.9. The lowest BCUT2D eigenvalue weighted by molar-refractivity contribution is -0.133. The minimum Gasteiger partial charge on any atom is -0.356 e. The van der Waals surface area contributed by atoms with Gasteiger partial charge in [0.15, 0.2) is 0 Å². The predicted octanol–water partition coefficient (Wildman–Crippen LogP) is 4.81. The number of rotatable bonds is 4. The summed E-state index contributed by atoms with van der Waals surface area (Å²) in [5, 5.41) is 1.15. The number of carbonyl (C=O) groups is 1. The largest absolute Gasteiger partial charge is 0.356 e. The second-order valence-electron chi connectivity index (χ2n) is 7.65. The summed E-state index contributed by atoms with van der Waals surface area (Å²) < 4.78 is 14.8. The lowest BCUT2D eigenvalue weighted by Gasteiger charge is -2.36. The van der Waals surface area contributed by atoms with E-state index in [0.717, 1.165) is 28.7 Å².